The van der Waals surface area contributed by atoms with Crippen LogP contribution in [-0.2, 0) is 10.0 Å². The first-order chi connectivity index (χ1) is 9.32. The first-order valence-corrected chi connectivity index (χ1v) is 7.84. The molecule has 21 heavy (non-hydrogen) atoms. The third-order valence-electron chi connectivity index (χ3n) is 3.16. The Hall–Kier alpha value is -0.930. The number of hydrogen-bond donors (Lipinski definition) is 1. The summed E-state index contributed by atoms with van der Waals surface area (Å²) in [6.45, 7) is 0.610. The molecule has 2 rings (SSSR count). The first kappa shape index (κ1) is 18.1. The van der Waals surface area contributed by atoms with Gasteiger partial charge in [-0.3, -0.25) is 10.1 Å². The van der Waals surface area contributed by atoms with Crippen LogP contribution in [0.2, 0.25) is 5.02 Å². The zero-order valence-electron chi connectivity index (χ0n) is 10.9. The Balaban J connectivity index is 0.00000220. The summed E-state index contributed by atoms with van der Waals surface area (Å²) in [7, 11) is -3.77. The average Bonchev–Trinajstić information content (AvgIpc) is 2.38. The number of sulfonamides is 1. The van der Waals surface area contributed by atoms with E-state index >= 15 is 0 Å². The number of nitro benzene ring substituents is 1. The molecule has 1 aliphatic heterocycles. The predicted molar refractivity (Wildman–Crippen MR) is 81.3 cm³/mol. The average molecular weight is 356 g/mol. The van der Waals surface area contributed by atoms with Gasteiger partial charge in [-0.05, 0) is 18.9 Å². The van der Waals surface area contributed by atoms with Gasteiger partial charge >= 0.3 is 0 Å². The van der Waals surface area contributed by atoms with Crippen LogP contribution in [0.25, 0.3) is 0 Å². The van der Waals surface area contributed by atoms with Gasteiger partial charge in [-0.1, -0.05) is 11.6 Å². The van der Waals surface area contributed by atoms with Crippen LogP contribution in [0, 0.1) is 10.1 Å². The third-order valence-corrected chi connectivity index (χ3v) is 5.51. The lowest BCUT2D eigenvalue weighted by molar-refractivity contribution is -0.384. The number of halogens is 2. The molecule has 1 aromatic rings. The van der Waals surface area contributed by atoms with Crippen molar-refractivity contribution in [2.24, 2.45) is 5.73 Å². The van der Waals surface area contributed by atoms with E-state index in [4.69, 9.17) is 17.3 Å². The van der Waals surface area contributed by atoms with Crippen molar-refractivity contribution in [3.63, 3.8) is 0 Å². The molecule has 0 unspecified atom stereocenters. The lowest BCUT2D eigenvalue weighted by Crippen LogP contribution is -2.45. The highest BCUT2D eigenvalue weighted by atomic mass is 35.5. The minimum atomic E-state index is -3.77. The summed E-state index contributed by atoms with van der Waals surface area (Å²) in [5.74, 6) is 0. The molecule has 1 saturated heterocycles. The molecule has 0 aromatic heterocycles. The first-order valence-electron chi connectivity index (χ1n) is 6.02. The maximum absolute atomic E-state index is 12.5. The number of rotatable bonds is 3. The monoisotopic (exact) mass is 355 g/mol. The number of nitrogens with zero attached hydrogens (tertiary/aromatic N) is 2. The van der Waals surface area contributed by atoms with Gasteiger partial charge in [-0.2, -0.15) is 4.31 Å². The molecule has 1 aliphatic rings. The number of piperidine rings is 1. The second-order valence-electron chi connectivity index (χ2n) is 4.64. The molecule has 10 heteroatoms. The minimum absolute atomic E-state index is 0. The van der Waals surface area contributed by atoms with E-state index in [0.717, 1.165) is 24.6 Å². The zero-order chi connectivity index (χ0) is 14.9. The van der Waals surface area contributed by atoms with Crippen molar-refractivity contribution in [1.82, 2.24) is 4.31 Å². The molecule has 0 bridgehead atoms. The Bertz CT molecular complexity index is 638. The molecule has 2 N–H and O–H groups in total. The summed E-state index contributed by atoms with van der Waals surface area (Å²) in [6.07, 6.45) is 1.46. The molecule has 0 spiro atoms. The van der Waals surface area contributed by atoms with Crippen LogP contribution in [0.3, 0.4) is 0 Å². The SMILES string of the molecule is Cl.N[C@@H]1CCCN(S(=O)(=O)c2ccc([N+](=O)[O-])cc2Cl)C1. The van der Waals surface area contributed by atoms with Gasteiger partial charge in [0.1, 0.15) is 4.90 Å². The van der Waals surface area contributed by atoms with Crippen molar-refractivity contribution in [2.45, 2.75) is 23.8 Å². The fourth-order valence-electron chi connectivity index (χ4n) is 2.14. The van der Waals surface area contributed by atoms with Gasteiger partial charge in [0.15, 0.2) is 0 Å². The molecule has 1 aromatic carbocycles. The van der Waals surface area contributed by atoms with E-state index in [1.165, 1.54) is 4.31 Å². The van der Waals surface area contributed by atoms with Crippen LogP contribution in [0.15, 0.2) is 23.1 Å². The Morgan fingerprint density at radius 3 is 2.62 bits per heavy atom. The van der Waals surface area contributed by atoms with Gasteiger partial charge in [-0.25, -0.2) is 8.42 Å². The molecule has 118 valence electrons. The van der Waals surface area contributed by atoms with E-state index in [-0.39, 0.29) is 40.6 Å². The molecular formula is C11H15Cl2N3O4S. The predicted octanol–water partition coefficient (Wildman–Crippen LogP) is 1.78. The van der Waals surface area contributed by atoms with Crippen molar-refractivity contribution in [3.05, 3.63) is 33.3 Å². The second kappa shape index (κ2) is 6.89. The highest BCUT2D eigenvalue weighted by Gasteiger charge is 2.31. The fraction of sp³-hybridized carbons (Fsp3) is 0.455. The number of nitro groups is 1. The van der Waals surface area contributed by atoms with E-state index in [1.807, 2.05) is 0 Å². The van der Waals surface area contributed by atoms with Crippen molar-refractivity contribution < 1.29 is 13.3 Å². The van der Waals surface area contributed by atoms with Crippen LogP contribution in [-0.4, -0.2) is 36.8 Å². The quantitative estimate of drug-likeness (QED) is 0.656. The van der Waals surface area contributed by atoms with Crippen LogP contribution in [0.4, 0.5) is 5.69 Å². The van der Waals surface area contributed by atoms with Gasteiger partial charge in [0, 0.05) is 31.3 Å². The van der Waals surface area contributed by atoms with Gasteiger partial charge in [0.05, 0.1) is 9.95 Å². The second-order valence-corrected chi connectivity index (χ2v) is 6.95. The van der Waals surface area contributed by atoms with Gasteiger partial charge in [0.2, 0.25) is 10.0 Å². The van der Waals surface area contributed by atoms with Crippen LogP contribution < -0.4 is 5.73 Å². The van der Waals surface area contributed by atoms with E-state index < -0.39 is 14.9 Å². The van der Waals surface area contributed by atoms with E-state index in [1.54, 1.807) is 0 Å². The standard InChI is InChI=1S/C11H14ClN3O4S.ClH/c12-10-6-9(15(16)17)3-4-11(10)20(18,19)14-5-1-2-8(13)7-14;/h3-4,6,8H,1-2,5,7,13H2;1H/t8-;/m1./s1. The van der Waals surface area contributed by atoms with Gasteiger partial charge in [-0.15, -0.1) is 12.4 Å². The molecule has 0 amide bonds. The normalized spacial score (nSPS) is 19.8. The lowest BCUT2D eigenvalue weighted by atomic mass is 10.1. The zero-order valence-corrected chi connectivity index (χ0v) is 13.3. The molecule has 1 heterocycles. The van der Waals surface area contributed by atoms with E-state index in [2.05, 4.69) is 0 Å². The molecule has 1 atom stereocenters. The highest BCUT2D eigenvalue weighted by Crippen LogP contribution is 2.29. The van der Waals surface area contributed by atoms with E-state index in [0.29, 0.717) is 13.0 Å². The van der Waals surface area contributed by atoms with Crippen molar-refractivity contribution >= 4 is 39.7 Å². The smallest absolute Gasteiger partial charge is 0.271 e. The summed E-state index contributed by atoms with van der Waals surface area (Å²) in [5, 5.41) is 10.5. The molecule has 1 fully saturated rings. The molecule has 0 saturated carbocycles. The lowest BCUT2D eigenvalue weighted by Gasteiger charge is -2.30. The maximum Gasteiger partial charge on any atom is 0.271 e. The summed E-state index contributed by atoms with van der Waals surface area (Å²) >= 11 is 5.87. The Kier molecular flexibility index (Phi) is 5.94. The summed E-state index contributed by atoms with van der Waals surface area (Å²) in [5.41, 5.74) is 5.53. The van der Waals surface area contributed by atoms with Gasteiger partial charge in [0.25, 0.3) is 5.69 Å². The summed E-state index contributed by atoms with van der Waals surface area (Å²) in [4.78, 5) is 9.88. The van der Waals surface area contributed by atoms with Crippen LogP contribution >= 0.6 is 24.0 Å². The maximum atomic E-state index is 12.5. The molecule has 0 radical (unpaired) electrons. The Labute approximate surface area is 133 Å². The van der Waals surface area contributed by atoms with Crippen LogP contribution in [0.1, 0.15) is 12.8 Å². The summed E-state index contributed by atoms with van der Waals surface area (Å²) < 4.78 is 26.2. The van der Waals surface area contributed by atoms with Crippen molar-refractivity contribution in [2.75, 3.05) is 13.1 Å². The van der Waals surface area contributed by atoms with Gasteiger partial charge < -0.3 is 5.73 Å². The van der Waals surface area contributed by atoms with Crippen molar-refractivity contribution in [3.8, 4) is 0 Å². The number of nitrogens with two attached hydrogens (primary N) is 1. The Morgan fingerprint density at radius 1 is 1.43 bits per heavy atom. The topological polar surface area (TPSA) is 107 Å². The third kappa shape index (κ3) is 3.83. The fourth-order valence-corrected chi connectivity index (χ4v) is 4.19. The molecule has 0 aliphatic carbocycles. The molecular weight excluding hydrogens is 341 g/mol. The summed E-state index contributed by atoms with van der Waals surface area (Å²) in [6, 6.07) is 3.13. The highest BCUT2D eigenvalue weighted by molar-refractivity contribution is 7.89. The minimum Gasteiger partial charge on any atom is -0.327 e. The largest absolute Gasteiger partial charge is 0.327 e. The van der Waals surface area contributed by atoms with Crippen molar-refractivity contribution in [1.29, 1.82) is 0 Å². The van der Waals surface area contributed by atoms with Crippen LogP contribution in [0.5, 0.6) is 0 Å². The number of benzene rings is 1. The number of hydrogen-bond acceptors (Lipinski definition) is 5. The van der Waals surface area contributed by atoms with E-state index in [9.17, 15) is 18.5 Å². The Morgan fingerprint density at radius 2 is 2.10 bits per heavy atom. The number of non-ortho nitro benzene ring substituents is 1. The molecule has 7 nitrogen and oxygen atoms in total.